The van der Waals surface area contributed by atoms with E-state index in [1.54, 1.807) is 14.2 Å². The normalized spacial score (nSPS) is 20.7. The second kappa shape index (κ2) is 6.19. The second-order valence-corrected chi connectivity index (χ2v) is 5.37. The first-order valence-corrected chi connectivity index (χ1v) is 7.33. The maximum atomic E-state index is 5.76. The third-order valence-corrected chi connectivity index (χ3v) is 4.15. The topological polar surface area (TPSA) is 30.5 Å². The number of fused-ring (bicyclic) bond motifs is 1. The maximum absolute atomic E-state index is 5.76. The molecule has 110 valence electrons. The highest BCUT2D eigenvalue weighted by molar-refractivity contribution is 5.48. The van der Waals surface area contributed by atoms with E-state index in [1.807, 2.05) is 24.3 Å². The molecule has 0 aromatic heterocycles. The third kappa shape index (κ3) is 2.88. The molecule has 0 amide bonds. The summed E-state index contributed by atoms with van der Waals surface area (Å²) in [6, 6.07) is 16.9. The summed E-state index contributed by atoms with van der Waals surface area (Å²) in [6.45, 7) is 0. The van der Waals surface area contributed by atoms with Gasteiger partial charge in [-0.2, -0.15) is 0 Å². The lowest BCUT2D eigenvalue weighted by atomic mass is 9.85. The lowest BCUT2D eigenvalue weighted by molar-refractivity contribution is 0.0776. The molecular weight excluding hydrogens is 262 g/mol. The van der Waals surface area contributed by atoms with Gasteiger partial charge >= 0.3 is 0 Å². The van der Waals surface area contributed by atoms with Gasteiger partial charge in [-0.1, -0.05) is 24.3 Å². The van der Waals surface area contributed by atoms with Crippen molar-refractivity contribution >= 4 is 5.69 Å². The predicted octanol–water partition coefficient (Wildman–Crippen LogP) is 3.81. The van der Waals surface area contributed by atoms with Crippen molar-refractivity contribution in [2.45, 2.75) is 25.0 Å². The van der Waals surface area contributed by atoms with E-state index in [9.17, 15) is 0 Å². The minimum atomic E-state index is 0.0945. The molecule has 0 fully saturated rings. The average Bonchev–Trinajstić information content (AvgIpc) is 2.55. The van der Waals surface area contributed by atoms with Crippen molar-refractivity contribution in [3.63, 3.8) is 0 Å². The minimum absolute atomic E-state index is 0.0945. The Morgan fingerprint density at radius 2 is 1.76 bits per heavy atom. The van der Waals surface area contributed by atoms with Crippen LogP contribution >= 0.6 is 0 Å². The monoisotopic (exact) mass is 283 g/mol. The van der Waals surface area contributed by atoms with Gasteiger partial charge in [-0.15, -0.1) is 0 Å². The summed E-state index contributed by atoms with van der Waals surface area (Å²) in [5, 5.41) is 3.59. The third-order valence-electron chi connectivity index (χ3n) is 4.15. The Balaban J connectivity index is 1.79. The number of hydrogen-bond donors (Lipinski definition) is 1. The van der Waals surface area contributed by atoms with Crippen LogP contribution in [-0.2, 0) is 11.2 Å². The second-order valence-electron chi connectivity index (χ2n) is 5.37. The molecule has 2 atom stereocenters. The summed E-state index contributed by atoms with van der Waals surface area (Å²) >= 11 is 0. The zero-order valence-corrected chi connectivity index (χ0v) is 12.5. The van der Waals surface area contributed by atoms with E-state index in [2.05, 4.69) is 29.6 Å². The molecule has 21 heavy (non-hydrogen) atoms. The Morgan fingerprint density at radius 1 is 1.00 bits per heavy atom. The van der Waals surface area contributed by atoms with Crippen LogP contribution in [0.3, 0.4) is 0 Å². The molecule has 3 rings (SSSR count). The van der Waals surface area contributed by atoms with Crippen LogP contribution in [0.15, 0.2) is 48.5 Å². The van der Waals surface area contributed by atoms with Crippen LogP contribution in [0.25, 0.3) is 0 Å². The molecule has 3 nitrogen and oxygen atoms in total. The summed E-state index contributed by atoms with van der Waals surface area (Å²) < 4.78 is 11.0. The average molecular weight is 283 g/mol. The zero-order chi connectivity index (χ0) is 14.7. The fraction of sp³-hybridized carbons (Fsp3) is 0.333. The fourth-order valence-electron chi connectivity index (χ4n) is 3.06. The Bertz CT molecular complexity index is 594. The smallest absolute Gasteiger partial charge is 0.119 e. The van der Waals surface area contributed by atoms with Gasteiger partial charge in [-0.3, -0.25) is 0 Å². The van der Waals surface area contributed by atoms with Crippen LogP contribution in [0.5, 0.6) is 5.75 Å². The van der Waals surface area contributed by atoms with Gasteiger partial charge in [0.25, 0.3) is 0 Å². The number of nitrogens with one attached hydrogen (secondary N) is 1. The van der Waals surface area contributed by atoms with E-state index in [0.29, 0.717) is 6.04 Å². The SMILES string of the molecule is COc1ccc(NC2CCc3ccccc3C2OC)cc1. The number of anilines is 1. The lowest BCUT2D eigenvalue weighted by Crippen LogP contribution is -2.33. The van der Waals surface area contributed by atoms with Crippen LogP contribution in [0.1, 0.15) is 23.7 Å². The summed E-state index contributed by atoms with van der Waals surface area (Å²) in [5.74, 6) is 0.873. The number of hydrogen-bond acceptors (Lipinski definition) is 3. The van der Waals surface area contributed by atoms with Crippen LogP contribution in [0, 0.1) is 0 Å². The molecule has 0 saturated heterocycles. The van der Waals surface area contributed by atoms with Gasteiger partial charge in [0, 0.05) is 12.8 Å². The molecule has 0 heterocycles. The van der Waals surface area contributed by atoms with E-state index >= 15 is 0 Å². The van der Waals surface area contributed by atoms with Gasteiger partial charge in [-0.25, -0.2) is 0 Å². The van der Waals surface area contributed by atoms with Crippen molar-refractivity contribution in [2.24, 2.45) is 0 Å². The van der Waals surface area contributed by atoms with Crippen molar-refractivity contribution in [3.05, 3.63) is 59.7 Å². The molecule has 0 bridgehead atoms. The molecule has 2 aromatic rings. The molecule has 1 aliphatic carbocycles. The van der Waals surface area contributed by atoms with Crippen LogP contribution in [-0.4, -0.2) is 20.3 Å². The fourth-order valence-corrected chi connectivity index (χ4v) is 3.06. The van der Waals surface area contributed by atoms with Gasteiger partial charge in [-0.05, 0) is 48.2 Å². The summed E-state index contributed by atoms with van der Waals surface area (Å²) in [4.78, 5) is 0. The number of rotatable bonds is 4. The van der Waals surface area contributed by atoms with E-state index < -0.39 is 0 Å². The van der Waals surface area contributed by atoms with Crippen molar-refractivity contribution < 1.29 is 9.47 Å². The molecule has 0 aliphatic heterocycles. The molecule has 0 radical (unpaired) electrons. The molecule has 0 spiro atoms. The molecule has 0 saturated carbocycles. The Kier molecular flexibility index (Phi) is 4.11. The Hall–Kier alpha value is -2.00. The molecule has 1 aliphatic rings. The Labute approximate surface area is 125 Å². The van der Waals surface area contributed by atoms with Gasteiger partial charge in [0.2, 0.25) is 0 Å². The van der Waals surface area contributed by atoms with Gasteiger partial charge in [0.1, 0.15) is 11.9 Å². The van der Waals surface area contributed by atoms with E-state index in [0.717, 1.165) is 24.3 Å². The van der Waals surface area contributed by atoms with Crippen molar-refractivity contribution in [3.8, 4) is 5.75 Å². The number of methoxy groups -OCH3 is 2. The van der Waals surface area contributed by atoms with Crippen LogP contribution in [0.4, 0.5) is 5.69 Å². The van der Waals surface area contributed by atoms with Crippen molar-refractivity contribution in [2.75, 3.05) is 19.5 Å². The molecule has 2 aromatic carbocycles. The zero-order valence-electron chi connectivity index (χ0n) is 12.5. The largest absolute Gasteiger partial charge is 0.497 e. The predicted molar refractivity (Wildman–Crippen MR) is 84.9 cm³/mol. The molecule has 1 N–H and O–H groups in total. The lowest BCUT2D eigenvalue weighted by Gasteiger charge is -2.33. The number of ether oxygens (including phenoxy) is 2. The first kappa shape index (κ1) is 14.0. The van der Waals surface area contributed by atoms with E-state index in [4.69, 9.17) is 9.47 Å². The molecular formula is C18H21NO2. The minimum Gasteiger partial charge on any atom is -0.497 e. The first-order chi connectivity index (χ1) is 10.3. The van der Waals surface area contributed by atoms with E-state index in [-0.39, 0.29) is 6.10 Å². The molecule has 3 heteroatoms. The van der Waals surface area contributed by atoms with Gasteiger partial charge < -0.3 is 14.8 Å². The maximum Gasteiger partial charge on any atom is 0.119 e. The van der Waals surface area contributed by atoms with Gasteiger partial charge in [0.05, 0.1) is 13.2 Å². The number of aryl methyl sites for hydroxylation is 1. The standard InChI is InChI=1S/C18H21NO2/c1-20-15-10-8-14(9-11-15)19-17-12-7-13-5-3-4-6-16(13)18(17)21-2/h3-6,8-11,17-19H,7,12H2,1-2H3. The highest BCUT2D eigenvalue weighted by Gasteiger charge is 2.29. The quantitative estimate of drug-likeness (QED) is 0.925. The first-order valence-electron chi connectivity index (χ1n) is 7.33. The summed E-state index contributed by atoms with van der Waals surface area (Å²) in [7, 11) is 3.47. The highest BCUT2D eigenvalue weighted by Crippen LogP contribution is 2.34. The summed E-state index contributed by atoms with van der Waals surface area (Å²) in [5.41, 5.74) is 3.80. The van der Waals surface area contributed by atoms with Crippen LogP contribution < -0.4 is 10.1 Å². The van der Waals surface area contributed by atoms with Crippen LogP contribution in [0.2, 0.25) is 0 Å². The highest BCUT2D eigenvalue weighted by atomic mass is 16.5. The Morgan fingerprint density at radius 3 is 2.48 bits per heavy atom. The summed E-state index contributed by atoms with van der Waals surface area (Å²) in [6.07, 6.45) is 2.25. The van der Waals surface area contributed by atoms with Gasteiger partial charge in [0.15, 0.2) is 0 Å². The van der Waals surface area contributed by atoms with E-state index in [1.165, 1.54) is 11.1 Å². The number of benzene rings is 2. The van der Waals surface area contributed by atoms with Crippen molar-refractivity contribution in [1.82, 2.24) is 0 Å². The molecule has 2 unspecified atom stereocenters. The van der Waals surface area contributed by atoms with Crippen molar-refractivity contribution in [1.29, 1.82) is 0 Å².